The van der Waals surface area contributed by atoms with E-state index in [0.717, 1.165) is 5.69 Å². The lowest BCUT2D eigenvalue weighted by Gasteiger charge is -2.22. The number of aldehydes is 1. The molecule has 0 fully saturated rings. The Bertz CT molecular complexity index is 736. The van der Waals surface area contributed by atoms with E-state index in [1.54, 1.807) is 18.9 Å². The molecule has 2 rings (SSSR count). The number of anilines is 4. The molecule has 0 bridgehead atoms. The first-order valence-electron chi connectivity index (χ1n) is 7.23. The Labute approximate surface area is 139 Å². The number of nitrogens with one attached hydrogen (secondary N) is 1. The summed E-state index contributed by atoms with van der Waals surface area (Å²) >= 11 is 0. The third kappa shape index (κ3) is 3.60. The van der Waals surface area contributed by atoms with E-state index < -0.39 is 12.0 Å². The molecule has 0 aliphatic heterocycles. The van der Waals surface area contributed by atoms with E-state index in [0.29, 0.717) is 12.1 Å². The Morgan fingerprint density at radius 1 is 1.33 bits per heavy atom. The minimum atomic E-state index is -0.696. The van der Waals surface area contributed by atoms with Crippen LogP contribution in [0.1, 0.15) is 17.3 Å². The summed E-state index contributed by atoms with van der Waals surface area (Å²) in [5.41, 5.74) is 6.79. The first-order chi connectivity index (χ1) is 11.5. The number of para-hydroxylation sites is 1. The fourth-order valence-corrected chi connectivity index (χ4v) is 2.16. The lowest BCUT2D eigenvalue weighted by atomic mass is 10.2. The molecule has 8 nitrogen and oxygen atoms in total. The number of benzene rings is 1. The van der Waals surface area contributed by atoms with Crippen LogP contribution in [-0.2, 0) is 9.53 Å². The van der Waals surface area contributed by atoms with Crippen LogP contribution in [0.4, 0.5) is 23.3 Å². The fraction of sp³-hybridized carbons (Fsp3) is 0.250. The van der Waals surface area contributed by atoms with Crippen molar-refractivity contribution < 1.29 is 14.3 Å². The van der Waals surface area contributed by atoms with Gasteiger partial charge in [-0.1, -0.05) is 18.2 Å². The molecule has 2 aromatic rings. The number of carbonyl (C=O) groups excluding carboxylic acids is 2. The van der Waals surface area contributed by atoms with Gasteiger partial charge in [-0.2, -0.15) is 9.97 Å². The van der Waals surface area contributed by atoms with E-state index in [1.807, 2.05) is 30.3 Å². The molecule has 0 saturated carbocycles. The second-order valence-corrected chi connectivity index (χ2v) is 5.07. The van der Waals surface area contributed by atoms with E-state index >= 15 is 0 Å². The maximum atomic E-state index is 11.6. The van der Waals surface area contributed by atoms with Crippen LogP contribution in [0.15, 0.2) is 30.3 Å². The van der Waals surface area contributed by atoms with Crippen LogP contribution in [0.25, 0.3) is 0 Å². The van der Waals surface area contributed by atoms with Gasteiger partial charge in [0, 0.05) is 12.7 Å². The third-order valence-corrected chi connectivity index (χ3v) is 3.43. The lowest BCUT2D eigenvalue weighted by molar-refractivity contribution is -0.141. The molecule has 0 amide bonds. The first kappa shape index (κ1) is 17.2. The topological polar surface area (TPSA) is 110 Å². The number of aromatic nitrogens is 2. The van der Waals surface area contributed by atoms with Crippen molar-refractivity contribution in [1.82, 2.24) is 9.97 Å². The molecule has 1 atom stereocenters. The SMILES string of the molecule is COC(=O)[C@H](C)Nc1nc(N)nc(N(C)c2ccccc2)c1C=O. The zero-order chi connectivity index (χ0) is 17.7. The Hall–Kier alpha value is -3.16. The van der Waals surface area contributed by atoms with Gasteiger partial charge >= 0.3 is 5.97 Å². The van der Waals surface area contributed by atoms with Gasteiger partial charge in [-0.05, 0) is 19.1 Å². The van der Waals surface area contributed by atoms with Crippen molar-refractivity contribution in [3.8, 4) is 0 Å². The second kappa shape index (κ2) is 7.40. The van der Waals surface area contributed by atoms with Crippen LogP contribution >= 0.6 is 0 Å². The fourth-order valence-electron chi connectivity index (χ4n) is 2.16. The van der Waals surface area contributed by atoms with E-state index in [9.17, 15) is 9.59 Å². The number of carbonyl (C=O) groups is 2. The highest BCUT2D eigenvalue weighted by Gasteiger charge is 2.21. The average Bonchev–Trinajstić information content (AvgIpc) is 2.60. The highest BCUT2D eigenvalue weighted by atomic mass is 16.5. The number of methoxy groups -OCH3 is 1. The van der Waals surface area contributed by atoms with Crippen molar-refractivity contribution in [2.24, 2.45) is 0 Å². The third-order valence-electron chi connectivity index (χ3n) is 3.43. The minimum absolute atomic E-state index is 0.0158. The Balaban J connectivity index is 2.46. The normalized spacial score (nSPS) is 11.5. The van der Waals surface area contributed by atoms with Gasteiger partial charge < -0.3 is 20.7 Å². The summed E-state index contributed by atoms with van der Waals surface area (Å²) in [4.78, 5) is 33.1. The summed E-state index contributed by atoms with van der Waals surface area (Å²) in [7, 11) is 3.04. The van der Waals surface area contributed by atoms with Gasteiger partial charge in [0.1, 0.15) is 11.9 Å². The van der Waals surface area contributed by atoms with Crippen LogP contribution in [0.5, 0.6) is 0 Å². The molecular weight excluding hydrogens is 310 g/mol. The van der Waals surface area contributed by atoms with Gasteiger partial charge in [-0.25, -0.2) is 4.79 Å². The highest BCUT2D eigenvalue weighted by Crippen LogP contribution is 2.28. The summed E-state index contributed by atoms with van der Waals surface area (Å²) < 4.78 is 4.66. The minimum Gasteiger partial charge on any atom is -0.467 e. The molecule has 126 valence electrons. The number of ether oxygens (including phenoxy) is 1. The molecule has 0 aliphatic rings. The summed E-state index contributed by atoms with van der Waals surface area (Å²) in [6, 6.07) is 8.67. The predicted molar refractivity (Wildman–Crippen MR) is 91.4 cm³/mol. The summed E-state index contributed by atoms with van der Waals surface area (Å²) in [5, 5.41) is 2.84. The summed E-state index contributed by atoms with van der Waals surface area (Å²) in [6.07, 6.45) is 0.626. The van der Waals surface area contributed by atoms with Crippen LogP contribution in [0.3, 0.4) is 0 Å². The first-order valence-corrected chi connectivity index (χ1v) is 7.23. The van der Waals surface area contributed by atoms with Crippen LogP contribution in [-0.4, -0.2) is 42.4 Å². The van der Waals surface area contributed by atoms with Gasteiger partial charge in [-0.15, -0.1) is 0 Å². The molecule has 0 radical (unpaired) electrons. The maximum Gasteiger partial charge on any atom is 0.328 e. The van der Waals surface area contributed by atoms with Gasteiger partial charge in [0.15, 0.2) is 12.1 Å². The van der Waals surface area contributed by atoms with Crippen molar-refractivity contribution >= 4 is 35.5 Å². The largest absolute Gasteiger partial charge is 0.467 e. The van der Waals surface area contributed by atoms with Gasteiger partial charge in [-0.3, -0.25) is 4.79 Å². The van der Waals surface area contributed by atoms with Gasteiger partial charge in [0.2, 0.25) is 5.95 Å². The van der Waals surface area contributed by atoms with Crippen LogP contribution in [0.2, 0.25) is 0 Å². The zero-order valence-corrected chi connectivity index (χ0v) is 13.7. The number of esters is 1. The predicted octanol–water partition coefficient (Wildman–Crippen LogP) is 1.61. The number of hydrogen-bond donors (Lipinski definition) is 2. The van der Waals surface area contributed by atoms with Crippen LogP contribution < -0.4 is 16.0 Å². The number of hydrogen-bond acceptors (Lipinski definition) is 8. The van der Waals surface area contributed by atoms with Crippen molar-refractivity contribution in [3.63, 3.8) is 0 Å². The Kier molecular flexibility index (Phi) is 5.31. The van der Waals surface area contributed by atoms with E-state index in [4.69, 9.17) is 5.73 Å². The number of rotatable bonds is 6. The number of nitrogens with two attached hydrogens (primary N) is 1. The van der Waals surface area contributed by atoms with Crippen molar-refractivity contribution in [2.45, 2.75) is 13.0 Å². The van der Waals surface area contributed by atoms with E-state index in [1.165, 1.54) is 7.11 Å². The van der Waals surface area contributed by atoms with Crippen molar-refractivity contribution in [1.29, 1.82) is 0 Å². The lowest BCUT2D eigenvalue weighted by Crippen LogP contribution is -2.29. The molecule has 0 spiro atoms. The number of nitrogen functional groups attached to an aromatic ring is 1. The van der Waals surface area contributed by atoms with Crippen LogP contribution in [0, 0.1) is 0 Å². The van der Waals surface area contributed by atoms with E-state index in [-0.39, 0.29) is 17.3 Å². The number of nitrogens with zero attached hydrogens (tertiary/aromatic N) is 3. The Morgan fingerprint density at radius 3 is 2.58 bits per heavy atom. The molecule has 24 heavy (non-hydrogen) atoms. The average molecular weight is 329 g/mol. The maximum absolute atomic E-state index is 11.6. The molecule has 0 unspecified atom stereocenters. The van der Waals surface area contributed by atoms with Gasteiger partial charge in [0.05, 0.1) is 12.7 Å². The van der Waals surface area contributed by atoms with Gasteiger partial charge in [0.25, 0.3) is 0 Å². The Morgan fingerprint density at radius 2 is 2.00 bits per heavy atom. The molecule has 0 saturated heterocycles. The summed E-state index contributed by atoms with van der Waals surface area (Å²) in [5.74, 6) is 0.0105. The molecule has 0 aliphatic carbocycles. The van der Waals surface area contributed by atoms with E-state index in [2.05, 4.69) is 20.0 Å². The monoisotopic (exact) mass is 329 g/mol. The molecule has 3 N–H and O–H groups in total. The quantitative estimate of drug-likeness (QED) is 0.607. The zero-order valence-electron chi connectivity index (χ0n) is 13.7. The van der Waals surface area contributed by atoms with Crippen molar-refractivity contribution in [2.75, 3.05) is 30.1 Å². The summed E-state index contributed by atoms with van der Waals surface area (Å²) in [6.45, 7) is 1.60. The second-order valence-electron chi connectivity index (χ2n) is 5.07. The molecule has 1 heterocycles. The molecule has 1 aromatic heterocycles. The molecule has 8 heteroatoms. The highest BCUT2D eigenvalue weighted by molar-refractivity contribution is 5.92. The molecular formula is C16H19N5O3. The smallest absolute Gasteiger partial charge is 0.328 e. The molecule has 1 aromatic carbocycles. The standard InChI is InChI=1S/C16H19N5O3/c1-10(15(23)24-3)18-13-12(9-22)14(20-16(17)19-13)21(2)11-7-5-4-6-8-11/h4-10H,1-3H3,(H3,17,18,19,20)/t10-/m0/s1. The van der Waals surface area contributed by atoms with Crippen molar-refractivity contribution in [3.05, 3.63) is 35.9 Å².